The van der Waals surface area contributed by atoms with Crippen molar-refractivity contribution in [2.45, 2.75) is 13.5 Å². The van der Waals surface area contributed by atoms with E-state index in [1.54, 1.807) is 4.68 Å². The zero-order chi connectivity index (χ0) is 14.7. The van der Waals surface area contributed by atoms with Gasteiger partial charge in [-0.25, -0.2) is 0 Å². The van der Waals surface area contributed by atoms with Crippen LogP contribution in [0.15, 0.2) is 60.9 Å². The van der Waals surface area contributed by atoms with Crippen LogP contribution in [-0.4, -0.2) is 9.78 Å². The van der Waals surface area contributed by atoms with Crippen molar-refractivity contribution in [3.63, 3.8) is 0 Å². The fourth-order valence-corrected chi connectivity index (χ4v) is 2.24. The highest BCUT2D eigenvalue weighted by atomic mass is 16.5. The molecule has 0 aliphatic carbocycles. The summed E-state index contributed by atoms with van der Waals surface area (Å²) in [5, 5.41) is 4.21. The molecule has 0 atom stereocenters. The zero-order valence-electron chi connectivity index (χ0n) is 12.3. The minimum absolute atomic E-state index is 0.582. The Bertz CT molecular complexity index is 732. The van der Waals surface area contributed by atoms with Gasteiger partial charge in [-0.2, -0.15) is 5.10 Å². The standard InChI is InChI=1S/C18H18N2O/c1-14-8-9-16(17-11-19-20(2)12-17)10-18(14)21-13-15-6-4-3-5-7-15/h3-12H,13H2,1-2H3. The summed E-state index contributed by atoms with van der Waals surface area (Å²) in [6.45, 7) is 2.64. The summed E-state index contributed by atoms with van der Waals surface area (Å²) in [5.41, 5.74) is 4.53. The lowest BCUT2D eigenvalue weighted by molar-refractivity contribution is 0.304. The van der Waals surface area contributed by atoms with E-state index < -0.39 is 0 Å². The highest BCUT2D eigenvalue weighted by Gasteiger charge is 2.05. The maximum atomic E-state index is 5.96. The summed E-state index contributed by atoms with van der Waals surface area (Å²) in [4.78, 5) is 0. The Labute approximate surface area is 124 Å². The van der Waals surface area contributed by atoms with Crippen molar-refractivity contribution in [1.82, 2.24) is 9.78 Å². The Morgan fingerprint density at radius 1 is 1.05 bits per heavy atom. The van der Waals surface area contributed by atoms with Crippen LogP contribution >= 0.6 is 0 Å². The molecule has 1 heterocycles. The highest BCUT2D eigenvalue weighted by Crippen LogP contribution is 2.27. The number of hydrogen-bond donors (Lipinski definition) is 0. The molecule has 0 N–H and O–H groups in total. The quantitative estimate of drug-likeness (QED) is 0.722. The van der Waals surface area contributed by atoms with Gasteiger partial charge >= 0.3 is 0 Å². The van der Waals surface area contributed by atoms with E-state index in [0.717, 1.165) is 22.4 Å². The van der Waals surface area contributed by atoms with Crippen LogP contribution in [-0.2, 0) is 13.7 Å². The van der Waals surface area contributed by atoms with Crippen molar-refractivity contribution < 1.29 is 4.74 Å². The SMILES string of the molecule is Cc1ccc(-c2cnn(C)c2)cc1OCc1ccccc1. The molecule has 0 amide bonds. The van der Waals surface area contributed by atoms with E-state index in [4.69, 9.17) is 4.74 Å². The number of aromatic nitrogens is 2. The fraction of sp³-hybridized carbons (Fsp3) is 0.167. The minimum atomic E-state index is 0.582. The first-order valence-corrected chi connectivity index (χ1v) is 6.99. The molecule has 3 nitrogen and oxygen atoms in total. The maximum Gasteiger partial charge on any atom is 0.123 e. The monoisotopic (exact) mass is 278 g/mol. The van der Waals surface area contributed by atoms with E-state index in [-0.39, 0.29) is 0 Å². The average Bonchev–Trinajstić information content (AvgIpc) is 2.94. The maximum absolute atomic E-state index is 5.96. The third-order valence-corrected chi connectivity index (χ3v) is 3.46. The zero-order valence-corrected chi connectivity index (χ0v) is 12.3. The molecule has 0 bridgehead atoms. The fourth-order valence-electron chi connectivity index (χ4n) is 2.24. The molecular formula is C18H18N2O. The predicted octanol–water partition coefficient (Wildman–Crippen LogP) is 3.97. The molecule has 21 heavy (non-hydrogen) atoms. The summed E-state index contributed by atoms with van der Waals surface area (Å²) in [7, 11) is 1.92. The second-order valence-corrected chi connectivity index (χ2v) is 5.16. The third kappa shape index (κ3) is 3.14. The van der Waals surface area contributed by atoms with Crippen LogP contribution in [0.4, 0.5) is 0 Å². The molecule has 3 rings (SSSR count). The van der Waals surface area contributed by atoms with Crippen molar-refractivity contribution in [3.05, 3.63) is 72.1 Å². The van der Waals surface area contributed by atoms with Gasteiger partial charge in [-0.1, -0.05) is 42.5 Å². The van der Waals surface area contributed by atoms with Gasteiger partial charge in [0.15, 0.2) is 0 Å². The molecule has 1 aromatic heterocycles. The van der Waals surface area contributed by atoms with E-state index in [2.05, 4.69) is 42.4 Å². The van der Waals surface area contributed by atoms with Crippen molar-refractivity contribution in [2.24, 2.45) is 7.05 Å². The van der Waals surface area contributed by atoms with Crippen LogP contribution in [0.5, 0.6) is 5.75 Å². The number of nitrogens with zero attached hydrogens (tertiary/aromatic N) is 2. The topological polar surface area (TPSA) is 27.1 Å². The third-order valence-electron chi connectivity index (χ3n) is 3.46. The lowest BCUT2D eigenvalue weighted by atomic mass is 10.1. The molecule has 0 radical (unpaired) electrons. The Morgan fingerprint density at radius 2 is 1.86 bits per heavy atom. The van der Waals surface area contributed by atoms with Crippen molar-refractivity contribution >= 4 is 0 Å². The molecule has 3 aromatic rings. The van der Waals surface area contributed by atoms with Gasteiger partial charge in [0.25, 0.3) is 0 Å². The van der Waals surface area contributed by atoms with Crippen LogP contribution in [0, 0.1) is 6.92 Å². The molecule has 0 saturated heterocycles. The lowest BCUT2D eigenvalue weighted by Gasteiger charge is -2.10. The number of aryl methyl sites for hydroxylation is 2. The second-order valence-electron chi connectivity index (χ2n) is 5.16. The Morgan fingerprint density at radius 3 is 2.57 bits per heavy atom. The lowest BCUT2D eigenvalue weighted by Crippen LogP contribution is -1.97. The number of rotatable bonds is 4. The predicted molar refractivity (Wildman–Crippen MR) is 84.2 cm³/mol. The normalized spacial score (nSPS) is 10.6. The van der Waals surface area contributed by atoms with Gasteiger partial charge < -0.3 is 4.74 Å². The molecular weight excluding hydrogens is 260 g/mol. The minimum Gasteiger partial charge on any atom is -0.489 e. The van der Waals surface area contributed by atoms with Crippen LogP contribution in [0.2, 0.25) is 0 Å². The van der Waals surface area contributed by atoms with Gasteiger partial charge in [-0.3, -0.25) is 4.68 Å². The Hall–Kier alpha value is -2.55. The van der Waals surface area contributed by atoms with Gasteiger partial charge in [-0.15, -0.1) is 0 Å². The van der Waals surface area contributed by atoms with E-state index >= 15 is 0 Å². The van der Waals surface area contributed by atoms with Crippen LogP contribution in [0.1, 0.15) is 11.1 Å². The van der Waals surface area contributed by atoms with E-state index in [1.165, 1.54) is 5.56 Å². The number of benzene rings is 2. The van der Waals surface area contributed by atoms with Crippen molar-refractivity contribution in [3.8, 4) is 16.9 Å². The molecule has 2 aromatic carbocycles. The van der Waals surface area contributed by atoms with Gasteiger partial charge in [0.05, 0.1) is 6.20 Å². The van der Waals surface area contributed by atoms with E-state index in [9.17, 15) is 0 Å². The summed E-state index contributed by atoms with van der Waals surface area (Å²) < 4.78 is 7.77. The van der Waals surface area contributed by atoms with Gasteiger partial charge in [0, 0.05) is 18.8 Å². The number of hydrogen-bond acceptors (Lipinski definition) is 2. The first-order valence-electron chi connectivity index (χ1n) is 6.99. The number of ether oxygens (including phenoxy) is 1. The largest absolute Gasteiger partial charge is 0.489 e. The van der Waals surface area contributed by atoms with Gasteiger partial charge in [0.2, 0.25) is 0 Å². The molecule has 3 heteroatoms. The second kappa shape index (κ2) is 5.83. The van der Waals surface area contributed by atoms with Crippen LogP contribution < -0.4 is 4.74 Å². The molecule has 0 unspecified atom stereocenters. The first-order chi connectivity index (χ1) is 10.2. The van der Waals surface area contributed by atoms with Crippen LogP contribution in [0.25, 0.3) is 11.1 Å². The highest BCUT2D eigenvalue weighted by molar-refractivity contribution is 5.64. The van der Waals surface area contributed by atoms with Gasteiger partial charge in [0.1, 0.15) is 12.4 Å². The summed E-state index contributed by atoms with van der Waals surface area (Å²) >= 11 is 0. The average molecular weight is 278 g/mol. The summed E-state index contributed by atoms with van der Waals surface area (Å²) in [6.07, 6.45) is 3.87. The Kier molecular flexibility index (Phi) is 3.73. The molecule has 106 valence electrons. The molecule has 0 aliphatic rings. The molecule has 0 aliphatic heterocycles. The summed E-state index contributed by atoms with van der Waals surface area (Å²) in [5.74, 6) is 0.917. The van der Waals surface area contributed by atoms with Crippen molar-refractivity contribution in [1.29, 1.82) is 0 Å². The Balaban J connectivity index is 1.81. The molecule has 0 saturated carbocycles. The molecule has 0 fully saturated rings. The van der Waals surface area contributed by atoms with Crippen molar-refractivity contribution in [2.75, 3.05) is 0 Å². The van der Waals surface area contributed by atoms with Crippen LogP contribution in [0.3, 0.4) is 0 Å². The van der Waals surface area contributed by atoms with E-state index in [0.29, 0.717) is 6.61 Å². The smallest absolute Gasteiger partial charge is 0.123 e. The summed E-state index contributed by atoms with van der Waals surface area (Å²) in [6, 6.07) is 16.5. The molecule has 0 spiro atoms. The van der Waals surface area contributed by atoms with Gasteiger partial charge in [-0.05, 0) is 29.7 Å². The van der Waals surface area contributed by atoms with E-state index in [1.807, 2.05) is 37.6 Å². The first kappa shape index (κ1) is 13.4.